The monoisotopic (exact) mass is 322 g/mol. The molecular formula is C15H18N2O4S. The first kappa shape index (κ1) is 16.2. The first-order valence-corrected chi connectivity index (χ1v) is 7.75. The largest absolute Gasteiger partial charge is 0.480 e. The molecule has 0 saturated carbocycles. The third kappa shape index (κ3) is 3.73. The molecule has 22 heavy (non-hydrogen) atoms. The predicted octanol–water partition coefficient (Wildman–Crippen LogP) is 2.94. The van der Waals surface area contributed by atoms with Gasteiger partial charge in [0, 0.05) is 4.88 Å². The summed E-state index contributed by atoms with van der Waals surface area (Å²) >= 11 is 1.34. The highest BCUT2D eigenvalue weighted by Gasteiger charge is 2.24. The molecule has 0 fully saturated rings. The molecule has 0 unspecified atom stereocenters. The number of carbonyl (C=O) groups excluding carboxylic acids is 1. The fourth-order valence-electron chi connectivity index (χ4n) is 2.03. The Bertz CT molecular complexity index is 661. The van der Waals surface area contributed by atoms with Gasteiger partial charge < -0.3 is 14.8 Å². The summed E-state index contributed by atoms with van der Waals surface area (Å²) < 4.78 is 5.26. The van der Waals surface area contributed by atoms with Crippen molar-refractivity contribution in [3.63, 3.8) is 0 Å². The molecule has 7 heteroatoms. The Morgan fingerprint density at radius 1 is 1.45 bits per heavy atom. The van der Waals surface area contributed by atoms with Crippen molar-refractivity contribution in [2.45, 2.75) is 33.2 Å². The molecule has 2 aromatic rings. The normalized spacial score (nSPS) is 12.4. The van der Waals surface area contributed by atoms with Crippen LogP contribution in [0, 0.1) is 12.8 Å². The van der Waals surface area contributed by atoms with Gasteiger partial charge in [-0.2, -0.15) is 0 Å². The summed E-state index contributed by atoms with van der Waals surface area (Å²) in [5, 5.41) is 12.3. The Balaban J connectivity index is 2.17. The van der Waals surface area contributed by atoms with E-state index in [2.05, 4.69) is 10.3 Å². The molecule has 2 N–H and O–H groups in total. The molecule has 0 aliphatic carbocycles. The molecule has 1 amide bonds. The number of hydrogen-bond donors (Lipinski definition) is 2. The predicted molar refractivity (Wildman–Crippen MR) is 82.9 cm³/mol. The summed E-state index contributed by atoms with van der Waals surface area (Å²) in [6.45, 7) is 5.59. The molecule has 0 bridgehead atoms. The lowest BCUT2D eigenvalue weighted by Gasteiger charge is -2.15. The molecule has 2 heterocycles. The maximum absolute atomic E-state index is 12.3. The van der Waals surface area contributed by atoms with E-state index in [1.54, 1.807) is 19.1 Å². The van der Waals surface area contributed by atoms with Gasteiger partial charge in [-0.05, 0) is 31.4 Å². The number of thiazole rings is 1. The van der Waals surface area contributed by atoms with Crippen molar-refractivity contribution in [3.05, 3.63) is 29.0 Å². The number of aryl methyl sites for hydroxylation is 1. The Morgan fingerprint density at radius 2 is 2.18 bits per heavy atom. The quantitative estimate of drug-likeness (QED) is 0.853. The molecular weight excluding hydrogens is 304 g/mol. The second-order valence-electron chi connectivity index (χ2n) is 5.39. The molecule has 1 atom stereocenters. The van der Waals surface area contributed by atoms with Crippen LogP contribution in [-0.4, -0.2) is 28.0 Å². The highest BCUT2D eigenvalue weighted by molar-refractivity contribution is 7.15. The standard InChI is InChI=1S/C15H18N2O4S/c1-8(2)7-10(15(19)20)16-13(18)12-9(3)22-14(17-12)11-5-4-6-21-11/h4-6,8,10H,7H2,1-3H3,(H,16,18)(H,19,20)/t10-/m0/s1. The molecule has 0 aliphatic heterocycles. The van der Waals surface area contributed by atoms with Gasteiger partial charge in [0.25, 0.3) is 5.91 Å². The van der Waals surface area contributed by atoms with Gasteiger partial charge >= 0.3 is 5.97 Å². The Labute approximate surface area is 132 Å². The van der Waals surface area contributed by atoms with Gasteiger partial charge in [-0.25, -0.2) is 9.78 Å². The number of carboxylic acids is 1. The zero-order valence-corrected chi connectivity index (χ0v) is 13.4. The lowest BCUT2D eigenvalue weighted by Crippen LogP contribution is -2.42. The summed E-state index contributed by atoms with van der Waals surface area (Å²) in [5.41, 5.74) is 0.242. The number of aliphatic carboxylic acids is 1. The topological polar surface area (TPSA) is 92.4 Å². The SMILES string of the molecule is Cc1sc(-c2ccco2)nc1C(=O)N[C@@H](CC(C)C)C(=O)O. The lowest BCUT2D eigenvalue weighted by molar-refractivity contribution is -0.139. The number of nitrogens with one attached hydrogen (secondary N) is 1. The summed E-state index contributed by atoms with van der Waals surface area (Å²) in [5.74, 6) is -0.762. The molecule has 0 saturated heterocycles. The average Bonchev–Trinajstić information content (AvgIpc) is 3.05. The van der Waals surface area contributed by atoms with E-state index in [9.17, 15) is 14.7 Å². The van der Waals surface area contributed by atoms with Crippen LogP contribution < -0.4 is 5.32 Å². The minimum Gasteiger partial charge on any atom is -0.480 e. The zero-order valence-electron chi connectivity index (χ0n) is 12.6. The fraction of sp³-hybridized carbons (Fsp3) is 0.400. The third-order valence-corrected chi connectivity index (χ3v) is 4.04. The van der Waals surface area contributed by atoms with Crippen molar-refractivity contribution in [2.75, 3.05) is 0 Å². The lowest BCUT2D eigenvalue weighted by atomic mass is 10.0. The van der Waals surface area contributed by atoms with Gasteiger partial charge in [0.05, 0.1) is 6.26 Å². The van der Waals surface area contributed by atoms with E-state index in [-0.39, 0.29) is 11.6 Å². The zero-order chi connectivity index (χ0) is 16.3. The van der Waals surface area contributed by atoms with Crippen LogP contribution in [0.2, 0.25) is 0 Å². The van der Waals surface area contributed by atoms with Crippen LogP contribution in [0.15, 0.2) is 22.8 Å². The highest BCUT2D eigenvalue weighted by Crippen LogP contribution is 2.27. The summed E-state index contributed by atoms with van der Waals surface area (Å²) in [6.07, 6.45) is 1.91. The molecule has 6 nitrogen and oxygen atoms in total. The van der Waals surface area contributed by atoms with E-state index in [4.69, 9.17) is 4.42 Å². The van der Waals surface area contributed by atoms with Gasteiger partial charge in [0.2, 0.25) is 0 Å². The highest BCUT2D eigenvalue weighted by atomic mass is 32.1. The van der Waals surface area contributed by atoms with E-state index in [0.717, 1.165) is 4.88 Å². The molecule has 0 radical (unpaired) electrons. The van der Waals surface area contributed by atoms with Gasteiger partial charge in [-0.1, -0.05) is 13.8 Å². The average molecular weight is 322 g/mol. The van der Waals surface area contributed by atoms with Crippen LogP contribution in [0.1, 0.15) is 35.6 Å². The Hall–Kier alpha value is -2.15. The van der Waals surface area contributed by atoms with E-state index in [1.165, 1.54) is 17.6 Å². The first-order valence-electron chi connectivity index (χ1n) is 6.93. The number of amides is 1. The minimum atomic E-state index is -1.04. The second-order valence-corrected chi connectivity index (χ2v) is 6.60. The van der Waals surface area contributed by atoms with Gasteiger partial charge in [-0.3, -0.25) is 4.79 Å². The first-order chi connectivity index (χ1) is 10.4. The molecule has 0 spiro atoms. The molecule has 118 valence electrons. The van der Waals surface area contributed by atoms with Crippen LogP contribution in [0.3, 0.4) is 0 Å². The van der Waals surface area contributed by atoms with Crippen LogP contribution in [0.25, 0.3) is 10.8 Å². The number of carboxylic acid groups (broad SMARTS) is 1. The van der Waals surface area contributed by atoms with Crippen LogP contribution in [-0.2, 0) is 4.79 Å². The minimum absolute atomic E-state index is 0.164. The molecule has 2 rings (SSSR count). The van der Waals surface area contributed by atoms with E-state index in [1.807, 2.05) is 13.8 Å². The van der Waals surface area contributed by atoms with Crippen LogP contribution in [0.4, 0.5) is 0 Å². The van der Waals surface area contributed by atoms with Crippen molar-refractivity contribution in [1.29, 1.82) is 0 Å². The van der Waals surface area contributed by atoms with E-state index < -0.39 is 17.9 Å². The van der Waals surface area contributed by atoms with E-state index >= 15 is 0 Å². The third-order valence-electron chi connectivity index (χ3n) is 3.05. The number of rotatable bonds is 6. The number of aromatic nitrogens is 1. The molecule has 2 aromatic heterocycles. The van der Waals surface area contributed by atoms with Gasteiger partial charge in [0.1, 0.15) is 11.7 Å². The number of carbonyl (C=O) groups is 2. The van der Waals surface area contributed by atoms with Crippen LogP contribution in [0.5, 0.6) is 0 Å². The van der Waals surface area contributed by atoms with Gasteiger partial charge in [0.15, 0.2) is 10.8 Å². The molecule has 0 aromatic carbocycles. The maximum atomic E-state index is 12.3. The summed E-state index contributed by atoms with van der Waals surface area (Å²) in [7, 11) is 0. The van der Waals surface area contributed by atoms with Crippen molar-refractivity contribution in [2.24, 2.45) is 5.92 Å². The fourth-order valence-corrected chi connectivity index (χ4v) is 2.91. The van der Waals surface area contributed by atoms with Crippen molar-refractivity contribution in [1.82, 2.24) is 10.3 Å². The van der Waals surface area contributed by atoms with Crippen molar-refractivity contribution < 1.29 is 19.1 Å². The summed E-state index contributed by atoms with van der Waals surface area (Å²) in [4.78, 5) is 28.5. The Morgan fingerprint density at radius 3 is 2.73 bits per heavy atom. The van der Waals surface area contributed by atoms with Crippen molar-refractivity contribution in [3.8, 4) is 10.8 Å². The van der Waals surface area contributed by atoms with Crippen molar-refractivity contribution >= 4 is 23.2 Å². The molecule has 0 aliphatic rings. The number of nitrogens with zero attached hydrogens (tertiary/aromatic N) is 1. The number of hydrogen-bond acceptors (Lipinski definition) is 5. The number of furan rings is 1. The van der Waals surface area contributed by atoms with Crippen LogP contribution >= 0.6 is 11.3 Å². The Kier molecular flexibility index (Phi) is 4.97. The summed E-state index contributed by atoms with van der Waals surface area (Å²) in [6, 6.07) is 2.59. The van der Waals surface area contributed by atoms with Gasteiger partial charge in [-0.15, -0.1) is 11.3 Å². The van der Waals surface area contributed by atoms with E-state index in [0.29, 0.717) is 17.2 Å². The second kappa shape index (κ2) is 6.74. The smallest absolute Gasteiger partial charge is 0.326 e. The maximum Gasteiger partial charge on any atom is 0.326 e.